The second-order valence-corrected chi connectivity index (χ2v) is 8.18. The summed E-state index contributed by atoms with van der Waals surface area (Å²) in [5.74, 6) is 0.914. The van der Waals surface area contributed by atoms with E-state index >= 15 is 0 Å². The first-order valence-electron chi connectivity index (χ1n) is 10.6. The average molecular weight is 418 g/mol. The summed E-state index contributed by atoms with van der Waals surface area (Å²) in [6.07, 6.45) is 1.52. The molecule has 2 amide bonds. The predicted molar refractivity (Wildman–Crippen MR) is 119 cm³/mol. The van der Waals surface area contributed by atoms with Crippen molar-refractivity contribution in [2.24, 2.45) is 0 Å². The Labute approximate surface area is 182 Å². The second kappa shape index (κ2) is 8.71. The number of likely N-dealkylation sites (tertiary alicyclic amines) is 1. The van der Waals surface area contributed by atoms with Gasteiger partial charge in [0.15, 0.2) is 0 Å². The largest absolute Gasteiger partial charge is 0.338 e. The van der Waals surface area contributed by atoms with Crippen molar-refractivity contribution in [1.82, 2.24) is 19.7 Å². The Kier molecular flexibility index (Phi) is 5.84. The molecule has 1 aromatic heterocycles. The molecule has 0 spiro atoms. The quantitative estimate of drug-likeness (QED) is 0.656. The fourth-order valence-corrected chi connectivity index (χ4v) is 3.91. The highest BCUT2D eigenvalue weighted by atomic mass is 16.2. The van der Waals surface area contributed by atoms with E-state index < -0.39 is 0 Å². The molecule has 1 aliphatic heterocycles. The Bertz CT molecular complexity index is 1120. The maximum atomic E-state index is 12.8. The van der Waals surface area contributed by atoms with Gasteiger partial charge in [-0.05, 0) is 48.6 Å². The molecule has 4 rings (SSSR count). The van der Waals surface area contributed by atoms with Crippen LogP contribution in [-0.4, -0.2) is 38.0 Å². The van der Waals surface area contributed by atoms with Crippen molar-refractivity contribution in [3.05, 3.63) is 71.3 Å². The van der Waals surface area contributed by atoms with Crippen LogP contribution in [0.3, 0.4) is 0 Å². The number of para-hydroxylation sites is 1. The number of nitrogens with one attached hydrogen (secondary N) is 1. The Hall–Kier alpha value is -3.48. The van der Waals surface area contributed by atoms with Crippen LogP contribution < -0.4 is 5.32 Å². The van der Waals surface area contributed by atoms with E-state index in [-0.39, 0.29) is 17.6 Å². The molecule has 0 unspecified atom stereocenters. The summed E-state index contributed by atoms with van der Waals surface area (Å²) in [4.78, 5) is 30.9. The molecule has 160 valence electrons. The number of amides is 2. The minimum atomic E-state index is -0.363. The lowest BCUT2D eigenvalue weighted by Crippen LogP contribution is -2.23. The summed E-state index contributed by atoms with van der Waals surface area (Å²) in [5, 5.41) is 7.36. The highest BCUT2D eigenvalue weighted by Gasteiger charge is 2.21. The lowest BCUT2D eigenvalue weighted by Gasteiger charge is -2.16. The van der Waals surface area contributed by atoms with Crippen molar-refractivity contribution in [2.75, 3.05) is 11.9 Å². The van der Waals surface area contributed by atoms with Gasteiger partial charge in [-0.3, -0.25) is 9.59 Å². The summed E-state index contributed by atoms with van der Waals surface area (Å²) < 4.78 is 1.72. The highest BCUT2D eigenvalue weighted by Crippen LogP contribution is 2.23. The van der Waals surface area contributed by atoms with E-state index in [0.29, 0.717) is 30.4 Å². The molecule has 0 aliphatic carbocycles. The number of carbonyl (C=O) groups is 2. The monoisotopic (exact) mass is 417 g/mol. The van der Waals surface area contributed by atoms with E-state index in [1.54, 1.807) is 4.68 Å². The van der Waals surface area contributed by atoms with Crippen molar-refractivity contribution < 1.29 is 9.59 Å². The predicted octanol–water partition coefficient (Wildman–Crippen LogP) is 4.07. The zero-order valence-electron chi connectivity index (χ0n) is 18.1. The molecule has 0 radical (unpaired) electrons. The Balaban J connectivity index is 1.52. The van der Waals surface area contributed by atoms with Gasteiger partial charge >= 0.3 is 0 Å². The maximum absolute atomic E-state index is 12.8. The van der Waals surface area contributed by atoms with Crippen molar-refractivity contribution in [3.8, 4) is 5.69 Å². The first-order valence-corrected chi connectivity index (χ1v) is 10.6. The molecule has 7 heteroatoms. The topological polar surface area (TPSA) is 80.1 Å². The lowest BCUT2D eigenvalue weighted by molar-refractivity contribution is -0.128. The SMILES string of the molecule is Cc1nc(C(=O)Nc2cccc(CN3CCCC3=O)c2)nn1-c1ccccc1C(C)C. The van der Waals surface area contributed by atoms with E-state index in [4.69, 9.17) is 0 Å². The van der Waals surface area contributed by atoms with Crippen LogP contribution in [0.15, 0.2) is 48.5 Å². The summed E-state index contributed by atoms with van der Waals surface area (Å²) in [7, 11) is 0. The van der Waals surface area contributed by atoms with Gasteiger partial charge in [0.2, 0.25) is 11.7 Å². The van der Waals surface area contributed by atoms with Gasteiger partial charge in [-0.1, -0.05) is 44.2 Å². The van der Waals surface area contributed by atoms with E-state index in [1.165, 1.54) is 0 Å². The molecular formula is C24H27N5O2. The average Bonchev–Trinajstić information content (AvgIpc) is 3.33. The van der Waals surface area contributed by atoms with E-state index in [9.17, 15) is 9.59 Å². The van der Waals surface area contributed by atoms with Gasteiger partial charge in [-0.15, -0.1) is 5.10 Å². The van der Waals surface area contributed by atoms with Crippen molar-refractivity contribution in [3.63, 3.8) is 0 Å². The molecule has 1 aliphatic rings. The Morgan fingerprint density at radius 2 is 1.97 bits per heavy atom. The van der Waals surface area contributed by atoms with Crippen molar-refractivity contribution in [2.45, 2.75) is 46.1 Å². The van der Waals surface area contributed by atoms with Crippen LogP contribution in [0.2, 0.25) is 0 Å². The maximum Gasteiger partial charge on any atom is 0.295 e. The molecule has 2 heterocycles. The van der Waals surface area contributed by atoms with E-state index in [2.05, 4.69) is 35.3 Å². The molecule has 0 saturated carbocycles. The van der Waals surface area contributed by atoms with Crippen LogP contribution in [0.25, 0.3) is 5.69 Å². The summed E-state index contributed by atoms with van der Waals surface area (Å²) >= 11 is 0. The Morgan fingerprint density at radius 1 is 1.16 bits per heavy atom. The van der Waals surface area contributed by atoms with Crippen LogP contribution in [0.5, 0.6) is 0 Å². The molecule has 0 bridgehead atoms. The number of aromatic nitrogens is 3. The molecule has 7 nitrogen and oxygen atoms in total. The zero-order valence-corrected chi connectivity index (χ0v) is 18.1. The molecule has 1 saturated heterocycles. The molecule has 0 atom stereocenters. The van der Waals surface area contributed by atoms with Crippen LogP contribution in [0, 0.1) is 6.92 Å². The summed E-state index contributed by atoms with van der Waals surface area (Å²) in [6.45, 7) is 7.44. The van der Waals surface area contributed by atoms with Crippen LogP contribution in [0.1, 0.15) is 60.2 Å². The molecule has 3 aromatic rings. The number of aryl methyl sites for hydroxylation is 1. The van der Waals surface area contributed by atoms with Crippen LogP contribution in [-0.2, 0) is 11.3 Å². The highest BCUT2D eigenvalue weighted by molar-refractivity contribution is 6.01. The van der Waals surface area contributed by atoms with Crippen LogP contribution >= 0.6 is 0 Å². The fraction of sp³-hybridized carbons (Fsp3) is 0.333. The third-order valence-corrected chi connectivity index (χ3v) is 5.49. The number of carbonyl (C=O) groups excluding carboxylic acids is 2. The first-order chi connectivity index (χ1) is 14.9. The molecular weight excluding hydrogens is 390 g/mol. The number of anilines is 1. The summed E-state index contributed by atoms with van der Waals surface area (Å²) in [5.41, 5.74) is 3.71. The fourth-order valence-electron chi connectivity index (χ4n) is 3.91. The minimum absolute atomic E-state index is 0.121. The number of hydrogen-bond acceptors (Lipinski definition) is 4. The van der Waals surface area contributed by atoms with E-state index in [1.807, 2.05) is 54.3 Å². The third-order valence-electron chi connectivity index (χ3n) is 5.49. The standard InChI is InChI=1S/C24H27N5O2/c1-16(2)20-10-4-5-11-21(20)29-17(3)25-23(27-29)24(31)26-19-9-6-8-18(14-19)15-28-13-7-12-22(28)30/h4-6,8-11,14,16H,7,12-13,15H2,1-3H3,(H,26,31). The number of hydrogen-bond donors (Lipinski definition) is 1. The van der Waals surface area contributed by atoms with Gasteiger partial charge < -0.3 is 10.2 Å². The summed E-state index contributed by atoms with van der Waals surface area (Å²) in [6, 6.07) is 15.6. The molecule has 2 aromatic carbocycles. The van der Waals surface area contributed by atoms with Gasteiger partial charge in [0.05, 0.1) is 5.69 Å². The van der Waals surface area contributed by atoms with Crippen LogP contribution in [0.4, 0.5) is 5.69 Å². The number of rotatable bonds is 6. The van der Waals surface area contributed by atoms with Gasteiger partial charge in [-0.25, -0.2) is 9.67 Å². The normalized spacial score (nSPS) is 13.8. The smallest absolute Gasteiger partial charge is 0.295 e. The van der Waals surface area contributed by atoms with Gasteiger partial charge in [0.25, 0.3) is 5.91 Å². The van der Waals surface area contributed by atoms with Gasteiger partial charge in [-0.2, -0.15) is 0 Å². The van der Waals surface area contributed by atoms with Crippen molar-refractivity contribution >= 4 is 17.5 Å². The zero-order chi connectivity index (χ0) is 22.0. The number of nitrogens with zero attached hydrogens (tertiary/aromatic N) is 4. The second-order valence-electron chi connectivity index (χ2n) is 8.18. The lowest BCUT2D eigenvalue weighted by atomic mass is 10.0. The molecule has 1 N–H and O–H groups in total. The minimum Gasteiger partial charge on any atom is -0.338 e. The molecule has 31 heavy (non-hydrogen) atoms. The molecule has 1 fully saturated rings. The van der Waals surface area contributed by atoms with Crippen molar-refractivity contribution in [1.29, 1.82) is 0 Å². The first kappa shape index (κ1) is 20.8. The number of benzene rings is 2. The van der Waals surface area contributed by atoms with Gasteiger partial charge in [0, 0.05) is 25.2 Å². The van der Waals surface area contributed by atoms with Gasteiger partial charge in [0.1, 0.15) is 5.82 Å². The van der Waals surface area contributed by atoms with E-state index in [0.717, 1.165) is 29.8 Å². The third kappa shape index (κ3) is 4.50. The Morgan fingerprint density at radius 3 is 2.71 bits per heavy atom.